The van der Waals surface area contributed by atoms with E-state index in [1.165, 1.54) is 0 Å². The van der Waals surface area contributed by atoms with Gasteiger partial charge in [-0.25, -0.2) is 9.97 Å². The van der Waals surface area contributed by atoms with Crippen molar-refractivity contribution in [2.75, 3.05) is 0 Å². The molecule has 0 aliphatic carbocycles. The Kier molecular flexibility index (Phi) is 3.86. The largest absolute Gasteiger partial charge is 0.338 e. The Balaban J connectivity index is 1.52. The van der Waals surface area contributed by atoms with Crippen LogP contribution in [0, 0.1) is 6.92 Å². The summed E-state index contributed by atoms with van der Waals surface area (Å²) in [5.74, 6) is 0. The lowest BCUT2D eigenvalue weighted by Crippen LogP contribution is -1.89. The summed E-state index contributed by atoms with van der Waals surface area (Å²) in [6, 6.07) is 15.9. The SMILES string of the molecule is Cc1ccncc1-c1ccc2[nH]nc(-c3cc4c(-c5ccccn5)ccnc4[nH]3)c2n1. The van der Waals surface area contributed by atoms with Crippen molar-refractivity contribution in [2.24, 2.45) is 0 Å². The lowest BCUT2D eigenvalue weighted by molar-refractivity contribution is 1.12. The number of fused-ring (bicyclic) bond motifs is 2. The van der Waals surface area contributed by atoms with Gasteiger partial charge in [0.1, 0.15) is 16.9 Å². The highest BCUT2D eigenvalue weighted by Crippen LogP contribution is 2.33. The van der Waals surface area contributed by atoms with Crippen molar-refractivity contribution in [3.8, 4) is 33.9 Å². The predicted octanol–water partition coefficient (Wildman–Crippen LogP) is 4.93. The molecular formula is C24H17N7. The van der Waals surface area contributed by atoms with Crippen LogP contribution in [0.4, 0.5) is 0 Å². The zero-order valence-electron chi connectivity index (χ0n) is 16.7. The number of pyridine rings is 4. The fourth-order valence-corrected chi connectivity index (χ4v) is 3.87. The van der Waals surface area contributed by atoms with Crippen molar-refractivity contribution < 1.29 is 0 Å². The van der Waals surface area contributed by atoms with Gasteiger partial charge < -0.3 is 4.98 Å². The van der Waals surface area contributed by atoms with Crippen molar-refractivity contribution >= 4 is 22.1 Å². The lowest BCUT2D eigenvalue weighted by atomic mass is 10.1. The van der Waals surface area contributed by atoms with Gasteiger partial charge in [-0.1, -0.05) is 6.07 Å². The number of hydrogen-bond donors (Lipinski definition) is 2. The third kappa shape index (κ3) is 2.86. The maximum atomic E-state index is 4.91. The Morgan fingerprint density at radius 2 is 1.81 bits per heavy atom. The maximum Gasteiger partial charge on any atom is 0.138 e. The molecule has 31 heavy (non-hydrogen) atoms. The van der Waals surface area contributed by atoms with E-state index in [1.54, 1.807) is 18.6 Å². The molecule has 0 aromatic carbocycles. The summed E-state index contributed by atoms with van der Waals surface area (Å²) in [5, 5.41) is 8.62. The monoisotopic (exact) mass is 403 g/mol. The topological polar surface area (TPSA) is 96.0 Å². The number of hydrogen-bond acceptors (Lipinski definition) is 5. The highest BCUT2D eigenvalue weighted by atomic mass is 15.1. The lowest BCUT2D eigenvalue weighted by Gasteiger charge is -2.04. The Hall–Kier alpha value is -4.39. The first kappa shape index (κ1) is 17.5. The normalized spacial score (nSPS) is 11.4. The van der Waals surface area contributed by atoms with Crippen LogP contribution in [0.1, 0.15) is 5.56 Å². The molecule has 6 rings (SSSR count). The first-order chi connectivity index (χ1) is 15.3. The van der Waals surface area contributed by atoms with E-state index in [2.05, 4.69) is 43.1 Å². The quantitative estimate of drug-likeness (QED) is 0.437. The van der Waals surface area contributed by atoms with Gasteiger partial charge in [0.05, 0.1) is 22.6 Å². The van der Waals surface area contributed by atoms with E-state index < -0.39 is 0 Å². The molecule has 6 heterocycles. The number of nitrogens with zero attached hydrogens (tertiary/aromatic N) is 5. The molecule has 0 radical (unpaired) electrons. The molecular weight excluding hydrogens is 386 g/mol. The molecule has 7 nitrogen and oxygen atoms in total. The minimum atomic E-state index is 0.753. The molecule has 0 aliphatic rings. The van der Waals surface area contributed by atoms with Crippen molar-refractivity contribution in [3.05, 3.63) is 78.9 Å². The standard InChI is InChI=1S/C24H17N7/c1-14-7-10-25-13-17(14)19-5-6-20-22(28-19)23(31-30-20)21-12-16-15(8-11-27-24(16)29-21)18-4-2-3-9-26-18/h2-13H,1H3,(H,27,29)(H,30,31). The van der Waals surface area contributed by atoms with Gasteiger partial charge in [-0.3, -0.25) is 15.1 Å². The van der Waals surface area contributed by atoms with Gasteiger partial charge in [0.25, 0.3) is 0 Å². The number of aromatic amines is 2. The minimum Gasteiger partial charge on any atom is -0.338 e. The van der Waals surface area contributed by atoms with Crippen molar-refractivity contribution in [1.29, 1.82) is 0 Å². The van der Waals surface area contributed by atoms with Crippen LogP contribution in [0.2, 0.25) is 0 Å². The van der Waals surface area contributed by atoms with E-state index in [9.17, 15) is 0 Å². The van der Waals surface area contributed by atoms with Crippen LogP contribution in [0.5, 0.6) is 0 Å². The second-order valence-corrected chi connectivity index (χ2v) is 7.37. The van der Waals surface area contributed by atoms with Gasteiger partial charge in [-0.15, -0.1) is 0 Å². The van der Waals surface area contributed by atoms with Crippen LogP contribution in [-0.4, -0.2) is 35.1 Å². The highest BCUT2D eigenvalue weighted by Gasteiger charge is 2.16. The molecule has 0 unspecified atom stereocenters. The van der Waals surface area contributed by atoms with E-state index in [-0.39, 0.29) is 0 Å². The molecule has 148 valence electrons. The summed E-state index contributed by atoms with van der Waals surface area (Å²) in [7, 11) is 0. The average molecular weight is 403 g/mol. The first-order valence-electron chi connectivity index (χ1n) is 9.93. The third-order valence-corrected chi connectivity index (χ3v) is 5.45. The maximum absolute atomic E-state index is 4.91. The van der Waals surface area contributed by atoms with Gasteiger partial charge in [-0.2, -0.15) is 5.10 Å². The van der Waals surface area contributed by atoms with Gasteiger partial charge >= 0.3 is 0 Å². The zero-order chi connectivity index (χ0) is 20.8. The van der Waals surface area contributed by atoms with Gasteiger partial charge in [0.2, 0.25) is 0 Å². The van der Waals surface area contributed by atoms with Gasteiger partial charge in [-0.05, 0) is 55.0 Å². The summed E-state index contributed by atoms with van der Waals surface area (Å²) in [4.78, 5) is 21.6. The molecule has 0 fully saturated rings. The average Bonchev–Trinajstić information content (AvgIpc) is 3.43. The summed E-state index contributed by atoms with van der Waals surface area (Å²) in [5.41, 5.74) is 8.98. The Labute approximate surface area is 177 Å². The van der Waals surface area contributed by atoms with E-state index in [1.807, 2.05) is 48.7 Å². The Morgan fingerprint density at radius 3 is 2.68 bits per heavy atom. The molecule has 0 aliphatic heterocycles. The van der Waals surface area contributed by atoms with Crippen molar-refractivity contribution in [3.63, 3.8) is 0 Å². The predicted molar refractivity (Wildman–Crippen MR) is 120 cm³/mol. The van der Waals surface area contributed by atoms with E-state index in [0.29, 0.717) is 0 Å². The number of nitrogens with one attached hydrogen (secondary N) is 2. The van der Waals surface area contributed by atoms with E-state index in [0.717, 1.165) is 61.5 Å². The Bertz CT molecular complexity index is 1550. The van der Waals surface area contributed by atoms with Crippen LogP contribution < -0.4 is 0 Å². The molecule has 0 bridgehead atoms. The fraction of sp³-hybridized carbons (Fsp3) is 0.0417. The minimum absolute atomic E-state index is 0.753. The zero-order valence-corrected chi connectivity index (χ0v) is 16.7. The summed E-state index contributed by atoms with van der Waals surface area (Å²) >= 11 is 0. The summed E-state index contributed by atoms with van der Waals surface area (Å²) in [6.07, 6.45) is 7.21. The summed E-state index contributed by atoms with van der Waals surface area (Å²) < 4.78 is 0. The number of aromatic nitrogens is 7. The second kappa shape index (κ2) is 6.84. The summed E-state index contributed by atoms with van der Waals surface area (Å²) in [6.45, 7) is 2.06. The molecule has 2 N–H and O–H groups in total. The molecule has 6 aromatic rings. The van der Waals surface area contributed by atoms with Crippen molar-refractivity contribution in [2.45, 2.75) is 6.92 Å². The van der Waals surface area contributed by atoms with Gasteiger partial charge in [0.15, 0.2) is 0 Å². The number of H-pyrrole nitrogens is 2. The second-order valence-electron chi connectivity index (χ2n) is 7.37. The number of rotatable bonds is 3. The molecule has 0 atom stereocenters. The smallest absolute Gasteiger partial charge is 0.138 e. The van der Waals surface area contributed by atoms with Gasteiger partial charge in [0, 0.05) is 41.3 Å². The molecule has 7 heteroatoms. The van der Waals surface area contributed by atoms with Crippen LogP contribution in [0.15, 0.2) is 73.3 Å². The molecule has 6 aromatic heterocycles. The molecule has 0 amide bonds. The number of aryl methyl sites for hydroxylation is 1. The van der Waals surface area contributed by atoms with E-state index >= 15 is 0 Å². The van der Waals surface area contributed by atoms with Crippen LogP contribution in [-0.2, 0) is 0 Å². The van der Waals surface area contributed by atoms with Crippen LogP contribution >= 0.6 is 0 Å². The fourth-order valence-electron chi connectivity index (χ4n) is 3.87. The molecule has 0 saturated carbocycles. The van der Waals surface area contributed by atoms with E-state index in [4.69, 9.17) is 4.98 Å². The Morgan fingerprint density at radius 1 is 0.839 bits per heavy atom. The molecule has 0 spiro atoms. The first-order valence-corrected chi connectivity index (χ1v) is 9.93. The van der Waals surface area contributed by atoms with Crippen molar-refractivity contribution in [1.82, 2.24) is 35.1 Å². The van der Waals surface area contributed by atoms with Crippen LogP contribution in [0.25, 0.3) is 56.0 Å². The van der Waals surface area contributed by atoms with Crippen LogP contribution in [0.3, 0.4) is 0 Å². The third-order valence-electron chi connectivity index (χ3n) is 5.45. The molecule has 0 saturated heterocycles. The highest BCUT2D eigenvalue weighted by molar-refractivity contribution is 5.98.